The molecule has 6 rings (SSSR count). The molecule has 0 aliphatic carbocycles. The summed E-state index contributed by atoms with van der Waals surface area (Å²) in [7, 11) is -3.58. The van der Waals surface area contributed by atoms with Gasteiger partial charge in [-0.2, -0.15) is 0 Å². The van der Waals surface area contributed by atoms with Crippen LogP contribution in [0.5, 0.6) is 34.5 Å². The Hall–Kier alpha value is -5.02. The highest BCUT2D eigenvalue weighted by atomic mass is 31.2. The molecule has 0 saturated heterocycles. The molecule has 0 aliphatic rings. The molecule has 0 saturated carbocycles. The van der Waals surface area contributed by atoms with E-state index in [0.29, 0.717) is 11.5 Å². The number of hydrogen-bond donors (Lipinski definition) is 0. The van der Waals surface area contributed by atoms with Crippen LogP contribution in [0.1, 0.15) is 211 Å². The van der Waals surface area contributed by atoms with Crippen LogP contribution in [0.3, 0.4) is 0 Å². The summed E-state index contributed by atoms with van der Waals surface area (Å²) in [4.78, 5) is 0. The predicted octanol–water partition coefficient (Wildman–Crippen LogP) is 21.3. The second-order valence-electron chi connectivity index (χ2n) is 28.5. The molecule has 0 unspecified atom stereocenters. The Kier molecular flexibility index (Phi) is 19.1. The predicted molar refractivity (Wildman–Crippen MR) is 326 cm³/mol. The molecule has 0 N–H and O–H groups in total. The Labute approximate surface area is 464 Å². The summed E-state index contributed by atoms with van der Waals surface area (Å²) < 4.78 is 39.3. The highest BCUT2D eigenvalue weighted by Gasteiger charge is 2.33. The molecule has 0 amide bonds. The van der Waals surface area contributed by atoms with E-state index in [1.807, 2.05) is 60.7 Å². The first-order valence-corrected chi connectivity index (χ1v) is 29.3. The molecular weight excluding hydrogens is 975 g/mol. The van der Waals surface area contributed by atoms with E-state index in [1.54, 1.807) is 0 Å². The molecule has 8 heteroatoms. The van der Waals surface area contributed by atoms with Crippen LogP contribution < -0.4 is 27.1 Å². The van der Waals surface area contributed by atoms with Crippen molar-refractivity contribution < 1.29 is 27.1 Å². The summed E-state index contributed by atoms with van der Waals surface area (Å²) in [6, 6.07) is 45.5. The minimum Gasteiger partial charge on any atom is -0.409 e. The average Bonchev–Trinajstić information content (AvgIpc) is 3.27. The fraction of sp³-hybridized carbons (Fsp3) is 0.471. The van der Waals surface area contributed by atoms with Crippen LogP contribution in [0.2, 0.25) is 0 Å². The fourth-order valence-electron chi connectivity index (χ4n) is 8.22. The summed E-state index contributed by atoms with van der Waals surface area (Å²) in [6.07, 6.45) is 0. The van der Waals surface area contributed by atoms with Crippen molar-refractivity contribution in [2.24, 2.45) is 0 Å². The maximum atomic E-state index is 6.63. The van der Waals surface area contributed by atoms with Crippen LogP contribution in [0.4, 0.5) is 0 Å². The fourth-order valence-corrected chi connectivity index (χ4v) is 10.3. The second-order valence-corrected chi connectivity index (χ2v) is 30.5. The molecule has 6 aromatic rings. The number of para-hydroxylation sites is 2. The van der Waals surface area contributed by atoms with Crippen molar-refractivity contribution in [2.75, 3.05) is 0 Å². The van der Waals surface area contributed by atoms with E-state index in [1.165, 1.54) is 22.3 Å². The summed E-state index contributed by atoms with van der Waals surface area (Å²) in [5, 5.41) is 0. The van der Waals surface area contributed by atoms with Crippen molar-refractivity contribution in [1.29, 1.82) is 0 Å². The summed E-state index contributed by atoms with van der Waals surface area (Å²) in [5.41, 5.74) is 9.33. The van der Waals surface area contributed by atoms with Crippen molar-refractivity contribution in [2.45, 2.75) is 209 Å². The average molecular weight is 1070 g/mol. The zero-order chi connectivity index (χ0) is 57.0. The molecule has 0 atom stereocenters. The normalized spacial score (nSPS) is 13.0. The Balaban J connectivity index is 0.000000281. The van der Waals surface area contributed by atoms with Gasteiger partial charge in [-0.1, -0.05) is 251 Å². The van der Waals surface area contributed by atoms with Gasteiger partial charge in [-0.25, -0.2) is 0 Å². The van der Waals surface area contributed by atoms with Crippen molar-refractivity contribution in [3.05, 3.63) is 178 Å². The Morgan fingerprint density at radius 2 is 0.421 bits per heavy atom. The Morgan fingerprint density at radius 1 is 0.224 bits per heavy atom. The zero-order valence-corrected chi connectivity index (χ0v) is 52.8. The molecule has 412 valence electrons. The van der Waals surface area contributed by atoms with Crippen LogP contribution in [-0.2, 0) is 43.3 Å². The van der Waals surface area contributed by atoms with Crippen LogP contribution in [0.25, 0.3) is 0 Å². The zero-order valence-electron chi connectivity index (χ0n) is 51.0. The first-order chi connectivity index (χ1) is 34.7. The largest absolute Gasteiger partial charge is 0.530 e. The standard InChI is InChI=1S/2C34H47O3P/c2*1-31(2,3)24-18-20-29(27(22-24)33(7,8)9)36-38(35-26-16-14-13-15-17-26)37-30-21-19-25(32(4,5)6)23-28(30)34(10,11)12/h2*13-23H,1-12H3. The highest BCUT2D eigenvalue weighted by molar-refractivity contribution is 7.43. The van der Waals surface area contributed by atoms with Gasteiger partial charge in [-0.05, 0) is 114 Å². The maximum absolute atomic E-state index is 6.63. The Bertz CT molecular complexity index is 2480. The minimum atomic E-state index is -1.79. The van der Waals surface area contributed by atoms with Gasteiger partial charge in [0.25, 0.3) is 0 Å². The van der Waals surface area contributed by atoms with Gasteiger partial charge < -0.3 is 27.1 Å². The van der Waals surface area contributed by atoms with Gasteiger partial charge in [0, 0.05) is 22.3 Å². The molecule has 0 heterocycles. The molecular formula is C68H94O6P2. The van der Waals surface area contributed by atoms with E-state index in [9.17, 15) is 0 Å². The van der Waals surface area contributed by atoms with E-state index in [0.717, 1.165) is 45.3 Å². The van der Waals surface area contributed by atoms with E-state index >= 15 is 0 Å². The first-order valence-electron chi connectivity index (χ1n) is 27.1. The molecule has 0 bridgehead atoms. The van der Waals surface area contributed by atoms with Gasteiger partial charge in [0.05, 0.1) is 0 Å². The number of rotatable bonds is 12. The van der Waals surface area contributed by atoms with E-state index in [2.05, 4.69) is 239 Å². The van der Waals surface area contributed by atoms with E-state index < -0.39 is 17.2 Å². The third-order valence-corrected chi connectivity index (χ3v) is 15.3. The monoisotopic (exact) mass is 1070 g/mol. The molecule has 6 aromatic carbocycles. The lowest BCUT2D eigenvalue weighted by Gasteiger charge is -2.30. The molecule has 0 spiro atoms. The molecule has 6 nitrogen and oxygen atoms in total. The minimum absolute atomic E-state index is 0.0384. The van der Waals surface area contributed by atoms with Gasteiger partial charge in [-0.3, -0.25) is 0 Å². The Morgan fingerprint density at radius 3 is 0.592 bits per heavy atom. The molecule has 76 heavy (non-hydrogen) atoms. The van der Waals surface area contributed by atoms with Gasteiger partial charge in [-0.15, -0.1) is 0 Å². The highest BCUT2D eigenvalue weighted by Crippen LogP contribution is 2.50. The molecule has 0 aromatic heterocycles. The summed E-state index contributed by atoms with van der Waals surface area (Å²) in [6.45, 7) is 53.4. The van der Waals surface area contributed by atoms with E-state index in [4.69, 9.17) is 27.1 Å². The number of benzene rings is 6. The van der Waals surface area contributed by atoms with Crippen LogP contribution in [0.15, 0.2) is 133 Å². The quantitative estimate of drug-likeness (QED) is 0.114. The van der Waals surface area contributed by atoms with Crippen LogP contribution in [0, 0.1) is 0 Å². The molecule has 0 aliphatic heterocycles. The number of hydrogen-bond acceptors (Lipinski definition) is 6. The van der Waals surface area contributed by atoms with E-state index in [-0.39, 0.29) is 43.3 Å². The third kappa shape index (κ3) is 17.5. The third-order valence-electron chi connectivity index (χ3n) is 13.2. The SMILES string of the molecule is CC(C)(C)c1ccc(OP(Oc2ccccc2)Oc2ccc(C(C)(C)C)cc2C(C)(C)C)c(C(C)(C)C)c1.CC(C)(C)c1ccc(OP(Oc2ccccc2)Oc2ccc(C(C)(C)C)cc2C(C)(C)C)c(C(C)(C)C)c1. The first kappa shape index (κ1) is 61.8. The van der Waals surface area contributed by atoms with Gasteiger partial charge >= 0.3 is 17.2 Å². The molecule has 0 fully saturated rings. The lowest BCUT2D eigenvalue weighted by Crippen LogP contribution is -2.19. The smallest absolute Gasteiger partial charge is 0.409 e. The lowest BCUT2D eigenvalue weighted by atomic mass is 9.80. The molecule has 0 radical (unpaired) electrons. The van der Waals surface area contributed by atoms with Gasteiger partial charge in [0.2, 0.25) is 0 Å². The van der Waals surface area contributed by atoms with Crippen molar-refractivity contribution in [1.82, 2.24) is 0 Å². The topological polar surface area (TPSA) is 55.4 Å². The van der Waals surface area contributed by atoms with Crippen LogP contribution in [-0.4, -0.2) is 0 Å². The second kappa shape index (κ2) is 23.5. The van der Waals surface area contributed by atoms with Crippen molar-refractivity contribution in [3.8, 4) is 34.5 Å². The summed E-state index contributed by atoms with van der Waals surface area (Å²) in [5.74, 6) is 4.58. The van der Waals surface area contributed by atoms with Gasteiger partial charge in [0.15, 0.2) is 0 Å². The van der Waals surface area contributed by atoms with Gasteiger partial charge in [0.1, 0.15) is 34.5 Å². The lowest BCUT2D eigenvalue weighted by molar-refractivity contribution is 0.375. The van der Waals surface area contributed by atoms with Crippen molar-refractivity contribution >= 4 is 17.2 Å². The van der Waals surface area contributed by atoms with Crippen LogP contribution >= 0.6 is 17.2 Å². The maximum Gasteiger partial charge on any atom is 0.530 e. The summed E-state index contributed by atoms with van der Waals surface area (Å²) >= 11 is 0. The van der Waals surface area contributed by atoms with Crippen molar-refractivity contribution in [3.63, 3.8) is 0 Å².